The molecule has 30 heavy (non-hydrogen) atoms. The molecule has 0 aliphatic carbocycles. The van der Waals surface area contributed by atoms with Crippen molar-refractivity contribution in [3.63, 3.8) is 0 Å². The van der Waals surface area contributed by atoms with Crippen molar-refractivity contribution in [1.29, 1.82) is 0 Å². The van der Waals surface area contributed by atoms with Gasteiger partial charge in [-0.05, 0) is 55.8 Å². The van der Waals surface area contributed by atoms with Crippen molar-refractivity contribution in [3.8, 4) is 22.9 Å². The molecule has 1 aliphatic rings. The first kappa shape index (κ1) is 19.8. The quantitative estimate of drug-likeness (QED) is 0.664. The molecule has 1 unspecified atom stereocenters. The number of rotatable bonds is 6. The van der Waals surface area contributed by atoms with Gasteiger partial charge in [-0.2, -0.15) is 5.10 Å². The molecule has 1 aliphatic heterocycles. The normalized spacial score (nSPS) is 15.5. The number of carbonyl (C=O) groups is 1. The molecule has 1 amide bonds. The van der Waals surface area contributed by atoms with Gasteiger partial charge in [0.1, 0.15) is 11.6 Å². The van der Waals surface area contributed by atoms with E-state index in [0.717, 1.165) is 22.6 Å². The molecule has 156 valence electrons. The fourth-order valence-corrected chi connectivity index (χ4v) is 3.69. The van der Waals surface area contributed by atoms with E-state index < -0.39 is 0 Å². The van der Waals surface area contributed by atoms with Crippen molar-refractivity contribution in [2.45, 2.75) is 32.3 Å². The van der Waals surface area contributed by atoms with E-state index in [9.17, 15) is 4.79 Å². The third-order valence-corrected chi connectivity index (χ3v) is 5.09. The highest BCUT2D eigenvalue weighted by atomic mass is 16.5. The molecule has 2 heterocycles. The molecule has 0 bridgehead atoms. The number of fused-ring (bicyclic) bond motifs is 1. The molecule has 0 radical (unpaired) electrons. The Morgan fingerprint density at radius 1 is 1.07 bits per heavy atom. The topological polar surface area (TPSA) is 74.6 Å². The number of amides is 1. The molecule has 7 nitrogen and oxygen atoms in total. The van der Waals surface area contributed by atoms with Gasteiger partial charge in [-0.3, -0.25) is 4.79 Å². The first-order valence-corrected chi connectivity index (χ1v) is 9.87. The van der Waals surface area contributed by atoms with Gasteiger partial charge in [-0.1, -0.05) is 6.07 Å². The number of hydrogen-bond donors (Lipinski definition) is 1. The van der Waals surface area contributed by atoms with Crippen LogP contribution in [0.3, 0.4) is 0 Å². The van der Waals surface area contributed by atoms with Crippen LogP contribution in [0.4, 0.5) is 5.82 Å². The van der Waals surface area contributed by atoms with Gasteiger partial charge in [-0.25, -0.2) is 4.68 Å². The van der Waals surface area contributed by atoms with E-state index in [4.69, 9.17) is 14.2 Å². The Labute approximate surface area is 175 Å². The van der Waals surface area contributed by atoms with Crippen LogP contribution in [-0.4, -0.2) is 36.0 Å². The average Bonchev–Trinajstić information content (AvgIpc) is 3.17. The summed E-state index contributed by atoms with van der Waals surface area (Å²) in [5.41, 5.74) is 2.79. The Hall–Kier alpha value is -3.48. The van der Waals surface area contributed by atoms with Crippen molar-refractivity contribution in [3.05, 3.63) is 59.8 Å². The van der Waals surface area contributed by atoms with E-state index in [1.54, 1.807) is 18.9 Å². The lowest BCUT2D eigenvalue weighted by atomic mass is 9.87. The fraction of sp³-hybridized carbons (Fsp3) is 0.304. The Morgan fingerprint density at radius 2 is 1.83 bits per heavy atom. The first-order chi connectivity index (χ1) is 14.5. The molecule has 4 rings (SSSR count). The summed E-state index contributed by atoms with van der Waals surface area (Å²) in [6, 6.07) is 13.4. The minimum atomic E-state index is -0.122. The summed E-state index contributed by atoms with van der Waals surface area (Å²) >= 11 is 0. The van der Waals surface area contributed by atoms with Crippen LogP contribution in [0.15, 0.2) is 48.7 Å². The number of aromatic nitrogens is 2. The highest BCUT2D eigenvalue weighted by Crippen LogP contribution is 2.41. The van der Waals surface area contributed by atoms with Gasteiger partial charge in [0.25, 0.3) is 0 Å². The second-order valence-corrected chi connectivity index (χ2v) is 7.44. The standard InChI is InChI=1S/C23H25N3O4/c1-14(2)30-20-10-5-15(11-21(20)29-4)18-12-22(27)25-23-19(18)13-24-26(23)16-6-8-17(28-3)9-7-16/h5-11,13-14,18H,12H2,1-4H3,(H,25,27). The highest BCUT2D eigenvalue weighted by molar-refractivity contribution is 5.94. The maximum Gasteiger partial charge on any atom is 0.226 e. The van der Waals surface area contributed by atoms with Crippen LogP contribution in [0.1, 0.15) is 37.3 Å². The van der Waals surface area contributed by atoms with E-state index in [-0.39, 0.29) is 17.9 Å². The van der Waals surface area contributed by atoms with E-state index in [1.807, 2.05) is 62.5 Å². The molecule has 2 aromatic carbocycles. The number of carbonyl (C=O) groups excluding carboxylic acids is 1. The van der Waals surface area contributed by atoms with Crippen LogP contribution >= 0.6 is 0 Å². The maximum atomic E-state index is 12.5. The summed E-state index contributed by atoms with van der Waals surface area (Å²) in [5, 5.41) is 7.51. The molecule has 0 fully saturated rings. The SMILES string of the molecule is COc1ccc(-n2ncc3c2NC(=O)CC3c2ccc(OC(C)C)c(OC)c2)cc1. The smallest absolute Gasteiger partial charge is 0.226 e. The Bertz CT molecular complexity index is 1060. The Balaban J connectivity index is 1.72. The molecule has 1 N–H and O–H groups in total. The van der Waals surface area contributed by atoms with Crippen LogP contribution in [-0.2, 0) is 4.79 Å². The summed E-state index contributed by atoms with van der Waals surface area (Å²) in [6.07, 6.45) is 2.20. The second-order valence-electron chi connectivity index (χ2n) is 7.44. The van der Waals surface area contributed by atoms with Crippen molar-refractivity contribution < 1.29 is 19.0 Å². The summed E-state index contributed by atoms with van der Waals surface area (Å²) in [7, 11) is 3.24. The van der Waals surface area contributed by atoms with Crippen LogP contribution in [0.2, 0.25) is 0 Å². The van der Waals surface area contributed by atoms with E-state index in [0.29, 0.717) is 23.7 Å². The molecule has 0 saturated heterocycles. The third kappa shape index (κ3) is 3.70. The largest absolute Gasteiger partial charge is 0.497 e. The molecule has 0 saturated carbocycles. The number of anilines is 1. The minimum absolute atomic E-state index is 0.0412. The lowest BCUT2D eigenvalue weighted by Gasteiger charge is -2.24. The van der Waals surface area contributed by atoms with E-state index >= 15 is 0 Å². The Kier molecular flexibility index (Phi) is 5.35. The number of nitrogens with zero attached hydrogens (tertiary/aromatic N) is 2. The minimum Gasteiger partial charge on any atom is -0.497 e. The van der Waals surface area contributed by atoms with Crippen molar-refractivity contribution >= 4 is 11.7 Å². The first-order valence-electron chi connectivity index (χ1n) is 9.87. The van der Waals surface area contributed by atoms with E-state index in [2.05, 4.69) is 10.4 Å². The molecular weight excluding hydrogens is 382 g/mol. The summed E-state index contributed by atoms with van der Waals surface area (Å²) < 4.78 is 18.3. The number of methoxy groups -OCH3 is 2. The van der Waals surface area contributed by atoms with Gasteiger partial charge in [0.05, 0.1) is 32.2 Å². The molecule has 0 spiro atoms. The zero-order valence-corrected chi connectivity index (χ0v) is 17.5. The fourth-order valence-electron chi connectivity index (χ4n) is 3.69. The Morgan fingerprint density at radius 3 is 2.50 bits per heavy atom. The summed E-state index contributed by atoms with van der Waals surface area (Å²) in [6.45, 7) is 3.94. The van der Waals surface area contributed by atoms with Gasteiger partial charge in [0.15, 0.2) is 11.5 Å². The van der Waals surface area contributed by atoms with Gasteiger partial charge < -0.3 is 19.5 Å². The van der Waals surface area contributed by atoms with Crippen molar-refractivity contribution in [2.75, 3.05) is 19.5 Å². The zero-order chi connectivity index (χ0) is 21.3. The predicted octanol–water partition coefficient (Wildman–Crippen LogP) is 4.15. The van der Waals surface area contributed by atoms with Gasteiger partial charge in [0.2, 0.25) is 5.91 Å². The van der Waals surface area contributed by atoms with E-state index in [1.165, 1.54) is 0 Å². The number of ether oxygens (including phenoxy) is 3. The van der Waals surface area contributed by atoms with Gasteiger partial charge in [0, 0.05) is 17.9 Å². The molecular formula is C23H25N3O4. The van der Waals surface area contributed by atoms with Crippen LogP contribution in [0.25, 0.3) is 5.69 Å². The molecule has 1 atom stereocenters. The lowest BCUT2D eigenvalue weighted by Crippen LogP contribution is -2.24. The van der Waals surface area contributed by atoms with Crippen molar-refractivity contribution in [2.24, 2.45) is 0 Å². The van der Waals surface area contributed by atoms with Gasteiger partial charge >= 0.3 is 0 Å². The van der Waals surface area contributed by atoms with Gasteiger partial charge in [-0.15, -0.1) is 0 Å². The van der Waals surface area contributed by atoms with Crippen LogP contribution in [0.5, 0.6) is 17.2 Å². The molecule has 1 aromatic heterocycles. The predicted molar refractivity (Wildman–Crippen MR) is 114 cm³/mol. The second kappa shape index (κ2) is 8.10. The van der Waals surface area contributed by atoms with Crippen LogP contribution in [0, 0.1) is 0 Å². The highest BCUT2D eigenvalue weighted by Gasteiger charge is 2.31. The number of nitrogens with one attached hydrogen (secondary N) is 1. The third-order valence-electron chi connectivity index (χ3n) is 5.09. The van der Waals surface area contributed by atoms with Crippen molar-refractivity contribution in [1.82, 2.24) is 9.78 Å². The lowest BCUT2D eigenvalue weighted by molar-refractivity contribution is -0.116. The summed E-state index contributed by atoms with van der Waals surface area (Å²) in [4.78, 5) is 12.5. The van der Waals surface area contributed by atoms with Crippen LogP contribution < -0.4 is 19.5 Å². The average molecular weight is 407 g/mol. The number of hydrogen-bond acceptors (Lipinski definition) is 5. The maximum absolute atomic E-state index is 12.5. The summed E-state index contributed by atoms with van der Waals surface area (Å²) in [5.74, 6) is 2.61. The monoisotopic (exact) mass is 407 g/mol. The molecule has 7 heteroatoms. The molecule has 3 aromatic rings. The number of benzene rings is 2. The zero-order valence-electron chi connectivity index (χ0n) is 17.5.